The molecule has 0 amide bonds. The number of H-pyrrole nitrogens is 1. The average molecular weight is 298 g/mol. The van der Waals surface area contributed by atoms with Gasteiger partial charge in [-0.15, -0.1) is 11.8 Å². The minimum Gasteiger partial charge on any atom is -0.461 e. The van der Waals surface area contributed by atoms with E-state index in [-0.39, 0.29) is 5.97 Å². The molecule has 0 saturated heterocycles. The first-order chi connectivity index (χ1) is 9.02. The summed E-state index contributed by atoms with van der Waals surface area (Å²) in [5.74, 6) is -0.321. The number of fused-ring (bicyclic) bond motifs is 1. The molecule has 19 heavy (non-hydrogen) atoms. The van der Waals surface area contributed by atoms with Crippen LogP contribution in [-0.2, 0) is 4.74 Å². The van der Waals surface area contributed by atoms with Gasteiger partial charge in [0.15, 0.2) is 0 Å². The van der Waals surface area contributed by atoms with E-state index in [9.17, 15) is 4.79 Å². The molecule has 1 aromatic heterocycles. The van der Waals surface area contributed by atoms with Crippen LogP contribution in [0.5, 0.6) is 0 Å². The van der Waals surface area contributed by atoms with E-state index in [0.717, 1.165) is 15.8 Å². The van der Waals surface area contributed by atoms with Crippen molar-refractivity contribution in [1.82, 2.24) is 4.98 Å². The number of esters is 1. The quantitative estimate of drug-likeness (QED) is 0.667. The van der Waals surface area contributed by atoms with Crippen molar-refractivity contribution in [2.75, 3.05) is 6.61 Å². The molecular formula is C14H16ClNO2S. The molecule has 2 aromatic rings. The second-order valence-electron chi connectivity index (χ2n) is 4.41. The maximum atomic E-state index is 12.0. The van der Waals surface area contributed by atoms with Crippen LogP contribution in [0.4, 0.5) is 0 Å². The fourth-order valence-corrected chi connectivity index (χ4v) is 3.04. The Morgan fingerprint density at radius 3 is 2.84 bits per heavy atom. The molecule has 3 nitrogen and oxygen atoms in total. The lowest BCUT2D eigenvalue weighted by Gasteiger charge is -2.06. The molecular weight excluding hydrogens is 282 g/mol. The molecule has 0 saturated carbocycles. The highest BCUT2D eigenvalue weighted by Gasteiger charge is 2.20. The highest BCUT2D eigenvalue weighted by atomic mass is 35.5. The first-order valence-electron chi connectivity index (χ1n) is 6.18. The molecule has 0 bridgehead atoms. The van der Waals surface area contributed by atoms with Gasteiger partial charge in [0, 0.05) is 26.1 Å². The summed E-state index contributed by atoms with van der Waals surface area (Å²) in [7, 11) is 0. The molecule has 0 aliphatic carbocycles. The Hall–Kier alpha value is -1.13. The number of thioether (sulfide) groups is 1. The van der Waals surface area contributed by atoms with E-state index in [4.69, 9.17) is 16.3 Å². The van der Waals surface area contributed by atoms with Gasteiger partial charge in [0.05, 0.1) is 6.61 Å². The molecule has 1 aromatic carbocycles. The predicted molar refractivity (Wildman–Crippen MR) is 80.3 cm³/mol. The average Bonchev–Trinajstić information content (AvgIpc) is 2.67. The van der Waals surface area contributed by atoms with Crippen molar-refractivity contribution >= 4 is 40.2 Å². The van der Waals surface area contributed by atoms with Crippen molar-refractivity contribution in [3.05, 3.63) is 28.9 Å². The molecule has 1 N–H and O–H groups in total. The van der Waals surface area contributed by atoms with Crippen LogP contribution < -0.4 is 0 Å². The topological polar surface area (TPSA) is 42.1 Å². The number of halogens is 1. The Morgan fingerprint density at radius 1 is 1.47 bits per heavy atom. The first kappa shape index (κ1) is 14.3. The molecule has 2 rings (SSSR count). The van der Waals surface area contributed by atoms with Crippen molar-refractivity contribution < 1.29 is 9.53 Å². The van der Waals surface area contributed by atoms with Crippen LogP contribution in [0.3, 0.4) is 0 Å². The van der Waals surface area contributed by atoms with Crippen LogP contribution >= 0.6 is 23.4 Å². The Labute approximate surface area is 121 Å². The molecule has 0 radical (unpaired) electrons. The Balaban J connectivity index is 2.58. The normalized spacial score (nSPS) is 11.2. The lowest BCUT2D eigenvalue weighted by Crippen LogP contribution is -2.06. The monoisotopic (exact) mass is 297 g/mol. The van der Waals surface area contributed by atoms with E-state index in [1.54, 1.807) is 24.8 Å². The third-order valence-corrected chi connectivity index (χ3v) is 3.91. The second kappa shape index (κ2) is 5.88. The van der Waals surface area contributed by atoms with E-state index < -0.39 is 0 Å². The number of ether oxygens (including phenoxy) is 1. The van der Waals surface area contributed by atoms with Gasteiger partial charge in [0.1, 0.15) is 5.69 Å². The molecule has 0 fully saturated rings. The van der Waals surface area contributed by atoms with E-state index >= 15 is 0 Å². The van der Waals surface area contributed by atoms with E-state index in [1.165, 1.54) is 0 Å². The van der Waals surface area contributed by atoms with Crippen LogP contribution in [0, 0.1) is 0 Å². The molecule has 5 heteroatoms. The lowest BCUT2D eigenvalue weighted by atomic mass is 10.2. The standard InChI is InChI=1S/C14H16ClNO2S/c1-4-18-14(17)12-13(19-8(2)3)10-7-9(15)5-6-11(10)16-12/h5-8,16H,4H2,1-3H3. The third-order valence-electron chi connectivity index (χ3n) is 2.55. The maximum absolute atomic E-state index is 12.0. The molecule has 0 aliphatic rings. The van der Waals surface area contributed by atoms with Crippen molar-refractivity contribution in [3.63, 3.8) is 0 Å². The largest absolute Gasteiger partial charge is 0.461 e. The molecule has 0 spiro atoms. The van der Waals surface area contributed by atoms with Gasteiger partial charge < -0.3 is 9.72 Å². The van der Waals surface area contributed by atoms with E-state index in [1.807, 2.05) is 12.1 Å². The number of carbonyl (C=O) groups is 1. The fraction of sp³-hybridized carbons (Fsp3) is 0.357. The van der Waals surface area contributed by atoms with Gasteiger partial charge >= 0.3 is 5.97 Å². The minimum absolute atomic E-state index is 0.321. The van der Waals surface area contributed by atoms with Crippen LogP contribution in [-0.4, -0.2) is 22.8 Å². The number of benzene rings is 1. The third kappa shape index (κ3) is 3.07. The smallest absolute Gasteiger partial charge is 0.355 e. The van der Waals surface area contributed by atoms with Gasteiger partial charge in [-0.1, -0.05) is 25.4 Å². The number of rotatable bonds is 4. The molecule has 0 atom stereocenters. The summed E-state index contributed by atoms with van der Waals surface area (Å²) in [6, 6.07) is 5.56. The molecule has 0 aliphatic heterocycles. The number of hydrogen-bond donors (Lipinski definition) is 1. The zero-order valence-corrected chi connectivity index (χ0v) is 12.7. The number of aromatic nitrogens is 1. The van der Waals surface area contributed by atoms with Gasteiger partial charge in [-0.2, -0.15) is 0 Å². The first-order valence-corrected chi connectivity index (χ1v) is 7.43. The summed E-state index contributed by atoms with van der Waals surface area (Å²) in [6.45, 7) is 6.33. The van der Waals surface area contributed by atoms with Gasteiger partial charge in [-0.05, 0) is 25.1 Å². The van der Waals surface area contributed by atoms with Gasteiger partial charge in [0.25, 0.3) is 0 Å². The van der Waals surface area contributed by atoms with Gasteiger partial charge in [-0.3, -0.25) is 0 Å². The van der Waals surface area contributed by atoms with E-state index in [2.05, 4.69) is 18.8 Å². The van der Waals surface area contributed by atoms with Crippen LogP contribution in [0.25, 0.3) is 10.9 Å². The molecule has 1 heterocycles. The Bertz CT molecular complexity index is 607. The number of carbonyl (C=O) groups excluding carboxylic acids is 1. The highest BCUT2D eigenvalue weighted by Crippen LogP contribution is 2.35. The summed E-state index contributed by atoms with van der Waals surface area (Å²) in [6.07, 6.45) is 0. The van der Waals surface area contributed by atoms with Crippen molar-refractivity contribution in [2.45, 2.75) is 30.9 Å². The number of aromatic amines is 1. The van der Waals surface area contributed by atoms with Gasteiger partial charge in [0.2, 0.25) is 0 Å². The molecule has 0 unspecified atom stereocenters. The van der Waals surface area contributed by atoms with Gasteiger partial charge in [-0.25, -0.2) is 4.79 Å². The van der Waals surface area contributed by atoms with Crippen LogP contribution in [0.1, 0.15) is 31.3 Å². The zero-order chi connectivity index (χ0) is 14.0. The fourth-order valence-electron chi connectivity index (χ4n) is 1.84. The summed E-state index contributed by atoms with van der Waals surface area (Å²) in [5, 5.41) is 1.99. The number of hydrogen-bond acceptors (Lipinski definition) is 3. The number of nitrogens with one attached hydrogen (secondary N) is 1. The maximum Gasteiger partial charge on any atom is 0.355 e. The molecule has 102 valence electrons. The summed E-state index contributed by atoms with van der Waals surface area (Å²) >= 11 is 7.67. The Morgan fingerprint density at radius 2 is 2.21 bits per heavy atom. The summed E-state index contributed by atoms with van der Waals surface area (Å²) in [4.78, 5) is 16.0. The zero-order valence-electron chi connectivity index (χ0n) is 11.1. The summed E-state index contributed by atoms with van der Waals surface area (Å²) < 4.78 is 5.09. The Kier molecular flexibility index (Phi) is 4.42. The SMILES string of the molecule is CCOC(=O)c1[nH]c2ccc(Cl)cc2c1SC(C)C. The van der Waals surface area contributed by atoms with Crippen LogP contribution in [0.15, 0.2) is 23.1 Å². The summed E-state index contributed by atoms with van der Waals surface area (Å²) in [5.41, 5.74) is 1.41. The predicted octanol–water partition coefficient (Wildman–Crippen LogP) is 4.50. The van der Waals surface area contributed by atoms with Crippen molar-refractivity contribution in [2.24, 2.45) is 0 Å². The minimum atomic E-state index is -0.321. The van der Waals surface area contributed by atoms with Crippen molar-refractivity contribution in [1.29, 1.82) is 0 Å². The lowest BCUT2D eigenvalue weighted by molar-refractivity contribution is 0.0516. The van der Waals surface area contributed by atoms with Crippen molar-refractivity contribution in [3.8, 4) is 0 Å². The van der Waals surface area contributed by atoms with Crippen LogP contribution in [0.2, 0.25) is 5.02 Å². The second-order valence-corrected chi connectivity index (χ2v) is 6.43. The highest BCUT2D eigenvalue weighted by molar-refractivity contribution is 8.00. The van der Waals surface area contributed by atoms with E-state index in [0.29, 0.717) is 22.6 Å².